The number of H-pyrrole nitrogens is 1. The van der Waals surface area contributed by atoms with Crippen molar-refractivity contribution in [2.24, 2.45) is 0 Å². The van der Waals surface area contributed by atoms with Gasteiger partial charge in [0.25, 0.3) is 0 Å². The van der Waals surface area contributed by atoms with Crippen molar-refractivity contribution in [2.45, 2.75) is 11.7 Å². The third kappa shape index (κ3) is 3.24. The molecule has 0 aliphatic heterocycles. The number of aliphatic carboxylic acids is 1. The zero-order valence-corrected chi connectivity index (χ0v) is 12.1. The van der Waals surface area contributed by atoms with Gasteiger partial charge in [-0.1, -0.05) is 11.8 Å². The van der Waals surface area contributed by atoms with E-state index in [0.29, 0.717) is 11.7 Å². The number of thiophene rings is 1. The van der Waals surface area contributed by atoms with Gasteiger partial charge in [-0.3, -0.25) is 9.36 Å². The molecule has 0 unspecified atom stereocenters. The summed E-state index contributed by atoms with van der Waals surface area (Å²) in [6.45, 7) is 0.382. The Balaban J connectivity index is 2.18. The molecule has 0 aliphatic rings. The van der Waals surface area contributed by atoms with E-state index in [1.54, 1.807) is 0 Å². The Hall–Kier alpha value is -1.06. The van der Waals surface area contributed by atoms with E-state index in [9.17, 15) is 9.59 Å². The van der Waals surface area contributed by atoms with Gasteiger partial charge in [-0.25, -0.2) is 9.89 Å². The highest BCUT2D eigenvalue weighted by Crippen LogP contribution is 2.23. The summed E-state index contributed by atoms with van der Waals surface area (Å²) in [7, 11) is 0. The van der Waals surface area contributed by atoms with Crippen molar-refractivity contribution >= 4 is 45.0 Å². The van der Waals surface area contributed by atoms with Crippen LogP contribution in [0.1, 0.15) is 4.88 Å². The zero-order valence-electron chi connectivity index (χ0n) is 8.92. The second-order valence-corrected chi connectivity index (χ2v) is 6.78. The van der Waals surface area contributed by atoms with Gasteiger partial charge in [-0.2, -0.15) is 0 Å². The Morgan fingerprint density at radius 3 is 3.00 bits per heavy atom. The molecule has 0 aromatic carbocycles. The highest BCUT2D eigenvalue weighted by atomic mass is 79.9. The molecule has 96 valence electrons. The van der Waals surface area contributed by atoms with Gasteiger partial charge in [0, 0.05) is 4.88 Å². The molecule has 0 amide bonds. The Morgan fingerprint density at radius 2 is 2.39 bits per heavy atom. The maximum absolute atomic E-state index is 11.6. The van der Waals surface area contributed by atoms with Crippen LogP contribution >= 0.6 is 39.0 Å². The third-order valence-corrected chi connectivity index (χ3v) is 4.56. The van der Waals surface area contributed by atoms with Gasteiger partial charge in [0.05, 0.1) is 16.1 Å². The number of aromatic amines is 1. The monoisotopic (exact) mass is 349 g/mol. The molecule has 0 radical (unpaired) electrons. The van der Waals surface area contributed by atoms with Crippen molar-refractivity contribution in [2.75, 3.05) is 5.75 Å². The lowest BCUT2D eigenvalue weighted by molar-refractivity contribution is -0.133. The molecular formula is C9H8BrN3O3S2. The first-order valence-corrected chi connectivity index (χ1v) is 7.40. The maximum Gasteiger partial charge on any atom is 0.344 e. The van der Waals surface area contributed by atoms with E-state index in [0.717, 1.165) is 20.4 Å². The molecule has 0 saturated heterocycles. The molecule has 2 heterocycles. The summed E-state index contributed by atoms with van der Waals surface area (Å²) in [6, 6.07) is 3.80. The van der Waals surface area contributed by atoms with Gasteiger partial charge in [-0.15, -0.1) is 16.4 Å². The van der Waals surface area contributed by atoms with Crippen molar-refractivity contribution in [1.29, 1.82) is 0 Å². The van der Waals surface area contributed by atoms with Crippen molar-refractivity contribution in [3.63, 3.8) is 0 Å². The molecule has 0 fully saturated rings. The van der Waals surface area contributed by atoms with Crippen LogP contribution in [-0.2, 0) is 11.3 Å². The minimum atomic E-state index is -0.944. The molecule has 2 rings (SSSR count). The lowest BCUT2D eigenvalue weighted by Crippen LogP contribution is -2.18. The van der Waals surface area contributed by atoms with E-state index in [1.807, 2.05) is 12.1 Å². The molecule has 2 N–H and O–H groups in total. The highest BCUT2D eigenvalue weighted by Gasteiger charge is 2.12. The van der Waals surface area contributed by atoms with E-state index in [1.165, 1.54) is 15.9 Å². The smallest absolute Gasteiger partial charge is 0.344 e. The third-order valence-electron chi connectivity index (χ3n) is 1.99. The zero-order chi connectivity index (χ0) is 13.1. The number of hydrogen-bond donors (Lipinski definition) is 2. The molecule has 2 aromatic rings. The van der Waals surface area contributed by atoms with Gasteiger partial charge in [0.15, 0.2) is 5.16 Å². The van der Waals surface area contributed by atoms with Gasteiger partial charge >= 0.3 is 11.7 Å². The molecule has 18 heavy (non-hydrogen) atoms. The summed E-state index contributed by atoms with van der Waals surface area (Å²) in [5, 5.41) is 15.1. The van der Waals surface area contributed by atoms with E-state index in [2.05, 4.69) is 26.1 Å². The van der Waals surface area contributed by atoms with Gasteiger partial charge < -0.3 is 5.11 Å². The number of carboxylic acid groups (broad SMARTS) is 1. The fraction of sp³-hybridized carbons (Fsp3) is 0.222. The summed E-state index contributed by atoms with van der Waals surface area (Å²) < 4.78 is 2.40. The molecule has 6 nitrogen and oxygen atoms in total. The molecule has 0 atom stereocenters. The molecule has 0 aliphatic carbocycles. The Morgan fingerprint density at radius 1 is 1.61 bits per heavy atom. The number of thioether (sulfide) groups is 1. The lowest BCUT2D eigenvalue weighted by Gasteiger charge is -2.01. The number of rotatable bonds is 5. The van der Waals surface area contributed by atoms with Gasteiger partial charge in [0.2, 0.25) is 0 Å². The predicted octanol–water partition coefficient (Wildman–Crippen LogP) is 1.62. The number of halogens is 1. The number of aromatic nitrogens is 3. The lowest BCUT2D eigenvalue weighted by atomic mass is 10.5. The molecule has 9 heteroatoms. The fourth-order valence-corrected chi connectivity index (χ4v) is 3.41. The maximum atomic E-state index is 11.6. The molecule has 0 spiro atoms. The first-order valence-electron chi connectivity index (χ1n) is 4.80. The Kier molecular flexibility index (Phi) is 4.25. The van der Waals surface area contributed by atoms with Crippen molar-refractivity contribution in [3.8, 4) is 0 Å². The first kappa shape index (κ1) is 13.4. The molecule has 2 aromatic heterocycles. The second kappa shape index (κ2) is 5.72. The van der Waals surface area contributed by atoms with Crippen molar-refractivity contribution < 1.29 is 9.90 Å². The SMILES string of the molecule is O=C(O)CSc1n[nH]c(=O)n1Cc1ccc(Br)s1. The minimum absolute atomic E-state index is 0.127. The Bertz CT molecular complexity index is 619. The first-order chi connectivity index (χ1) is 8.56. The largest absolute Gasteiger partial charge is 0.481 e. The average Bonchev–Trinajstić information content (AvgIpc) is 2.85. The van der Waals surface area contributed by atoms with Crippen LogP contribution in [0.25, 0.3) is 0 Å². The summed E-state index contributed by atoms with van der Waals surface area (Å²) in [6.07, 6.45) is 0. The van der Waals surface area contributed by atoms with Crippen LogP contribution in [0, 0.1) is 0 Å². The standard InChI is InChI=1S/C9H8BrN3O3S2/c10-6-2-1-5(18-6)3-13-8(16)11-12-9(13)17-4-7(14)15/h1-2H,3-4H2,(H,11,16)(H,14,15). The second-order valence-electron chi connectivity index (χ2n) is 3.29. The normalized spacial score (nSPS) is 10.7. The quantitative estimate of drug-likeness (QED) is 0.800. The number of hydrogen-bond acceptors (Lipinski definition) is 5. The van der Waals surface area contributed by atoms with E-state index >= 15 is 0 Å². The topological polar surface area (TPSA) is 88.0 Å². The van der Waals surface area contributed by atoms with Crippen molar-refractivity contribution in [1.82, 2.24) is 14.8 Å². The van der Waals surface area contributed by atoms with E-state index in [-0.39, 0.29) is 11.4 Å². The molecule has 0 bridgehead atoms. The van der Waals surface area contributed by atoms with Gasteiger partial charge in [-0.05, 0) is 28.1 Å². The fourth-order valence-electron chi connectivity index (χ4n) is 1.27. The summed E-state index contributed by atoms with van der Waals surface area (Å²) in [5.41, 5.74) is -0.340. The van der Waals surface area contributed by atoms with Crippen LogP contribution in [0.2, 0.25) is 0 Å². The highest BCUT2D eigenvalue weighted by molar-refractivity contribution is 9.11. The van der Waals surface area contributed by atoms with Crippen LogP contribution < -0.4 is 5.69 Å². The number of carboxylic acids is 1. The van der Waals surface area contributed by atoms with Crippen LogP contribution in [0.5, 0.6) is 0 Å². The van der Waals surface area contributed by atoms with Gasteiger partial charge in [0.1, 0.15) is 0 Å². The Labute approximate surface area is 118 Å². The predicted molar refractivity (Wildman–Crippen MR) is 72.3 cm³/mol. The van der Waals surface area contributed by atoms with E-state index in [4.69, 9.17) is 5.11 Å². The van der Waals surface area contributed by atoms with Crippen molar-refractivity contribution in [3.05, 3.63) is 31.3 Å². The summed E-state index contributed by atoms with van der Waals surface area (Å²) in [5.74, 6) is -1.07. The molecule has 0 saturated carbocycles. The number of carbonyl (C=O) groups is 1. The number of nitrogens with one attached hydrogen (secondary N) is 1. The molecular weight excluding hydrogens is 342 g/mol. The average molecular weight is 350 g/mol. The summed E-state index contributed by atoms with van der Waals surface area (Å²) >= 11 is 5.88. The van der Waals surface area contributed by atoms with Crippen LogP contribution in [-0.4, -0.2) is 31.6 Å². The van der Waals surface area contributed by atoms with E-state index < -0.39 is 5.97 Å². The number of nitrogens with zero attached hydrogens (tertiary/aromatic N) is 2. The van der Waals surface area contributed by atoms with Crippen LogP contribution in [0.15, 0.2) is 25.9 Å². The van der Waals surface area contributed by atoms with Crippen LogP contribution in [0.3, 0.4) is 0 Å². The van der Waals surface area contributed by atoms with Crippen LogP contribution in [0.4, 0.5) is 0 Å². The minimum Gasteiger partial charge on any atom is -0.481 e. The summed E-state index contributed by atoms with van der Waals surface area (Å²) in [4.78, 5) is 23.1.